The quantitative estimate of drug-likeness (QED) is 0.573. The minimum Gasteiger partial charge on any atom is -0.465 e. The second kappa shape index (κ2) is 9.95. The first-order valence-corrected chi connectivity index (χ1v) is 10.1. The van der Waals surface area contributed by atoms with E-state index in [0.717, 1.165) is 11.3 Å². The van der Waals surface area contributed by atoms with Gasteiger partial charge in [-0.1, -0.05) is 12.1 Å². The van der Waals surface area contributed by atoms with Gasteiger partial charge in [-0.2, -0.15) is 0 Å². The summed E-state index contributed by atoms with van der Waals surface area (Å²) in [7, 11) is 2.41. The standard InChI is InChI=1S/C23H25N3O6/c1-15-5-4-6-17(13-15)25-9-11-26(12-10-25)21(28)20(27)24-19-14-16(22(29)31-2)7-8-18(19)23(30)32-3/h4-8,13-14H,9-12H2,1-3H3,(H,24,27). The SMILES string of the molecule is COC(=O)c1ccc(C(=O)OC)c(NC(=O)C(=O)N2CCN(c3cccc(C)c3)CC2)c1. The summed E-state index contributed by atoms with van der Waals surface area (Å²) in [5, 5.41) is 2.44. The lowest BCUT2D eigenvalue weighted by Crippen LogP contribution is -2.51. The van der Waals surface area contributed by atoms with Crippen LogP contribution in [0, 0.1) is 6.92 Å². The van der Waals surface area contributed by atoms with E-state index in [4.69, 9.17) is 4.74 Å². The maximum atomic E-state index is 12.7. The summed E-state index contributed by atoms with van der Waals surface area (Å²) >= 11 is 0. The number of ether oxygens (including phenoxy) is 2. The Morgan fingerprint density at radius 1 is 0.875 bits per heavy atom. The maximum absolute atomic E-state index is 12.7. The van der Waals surface area contributed by atoms with E-state index in [-0.39, 0.29) is 16.8 Å². The zero-order valence-corrected chi connectivity index (χ0v) is 18.2. The van der Waals surface area contributed by atoms with Gasteiger partial charge in [-0.05, 0) is 42.8 Å². The third-order valence-electron chi connectivity index (χ3n) is 5.22. The van der Waals surface area contributed by atoms with Crippen molar-refractivity contribution in [3.63, 3.8) is 0 Å². The van der Waals surface area contributed by atoms with Gasteiger partial charge in [0.1, 0.15) is 0 Å². The molecule has 2 aromatic carbocycles. The summed E-state index contributed by atoms with van der Waals surface area (Å²) in [5.41, 5.74) is 2.36. The number of carbonyl (C=O) groups is 4. The summed E-state index contributed by atoms with van der Waals surface area (Å²) in [6.07, 6.45) is 0. The minimum atomic E-state index is -0.902. The fraction of sp³-hybridized carbons (Fsp3) is 0.304. The van der Waals surface area contributed by atoms with Gasteiger partial charge in [-0.25, -0.2) is 9.59 Å². The highest BCUT2D eigenvalue weighted by molar-refractivity contribution is 6.40. The molecule has 0 unspecified atom stereocenters. The first kappa shape index (κ1) is 22.8. The molecule has 0 aliphatic carbocycles. The van der Waals surface area contributed by atoms with E-state index in [1.54, 1.807) is 0 Å². The predicted octanol–water partition coefficient (Wildman–Crippen LogP) is 1.86. The monoisotopic (exact) mass is 439 g/mol. The molecule has 9 nitrogen and oxygen atoms in total. The second-order valence-electron chi connectivity index (χ2n) is 7.32. The Labute approximate surface area is 185 Å². The van der Waals surface area contributed by atoms with Crippen LogP contribution in [-0.2, 0) is 19.1 Å². The average Bonchev–Trinajstić information content (AvgIpc) is 2.82. The molecule has 0 saturated carbocycles. The molecule has 0 atom stereocenters. The zero-order valence-electron chi connectivity index (χ0n) is 18.2. The van der Waals surface area contributed by atoms with Gasteiger partial charge in [0.15, 0.2) is 0 Å². The Kier molecular flexibility index (Phi) is 7.09. The van der Waals surface area contributed by atoms with Crippen LogP contribution in [0.3, 0.4) is 0 Å². The van der Waals surface area contributed by atoms with Crippen LogP contribution in [0.5, 0.6) is 0 Å². The number of hydrogen-bond acceptors (Lipinski definition) is 7. The fourth-order valence-electron chi connectivity index (χ4n) is 3.49. The second-order valence-corrected chi connectivity index (χ2v) is 7.32. The molecule has 1 heterocycles. The first-order valence-electron chi connectivity index (χ1n) is 10.1. The number of esters is 2. The lowest BCUT2D eigenvalue weighted by molar-refractivity contribution is -0.143. The molecule has 2 amide bonds. The van der Waals surface area contributed by atoms with Crippen molar-refractivity contribution in [3.05, 3.63) is 59.2 Å². The number of nitrogens with one attached hydrogen (secondary N) is 1. The van der Waals surface area contributed by atoms with Gasteiger partial charge in [0.2, 0.25) is 0 Å². The Morgan fingerprint density at radius 2 is 1.56 bits per heavy atom. The number of anilines is 2. The van der Waals surface area contributed by atoms with Crippen LogP contribution in [0.4, 0.5) is 11.4 Å². The highest BCUT2D eigenvalue weighted by atomic mass is 16.5. The summed E-state index contributed by atoms with van der Waals surface area (Å²) in [6.45, 7) is 3.96. The topological polar surface area (TPSA) is 105 Å². The van der Waals surface area contributed by atoms with Crippen molar-refractivity contribution in [3.8, 4) is 0 Å². The van der Waals surface area contributed by atoms with Crippen molar-refractivity contribution in [2.75, 3.05) is 50.6 Å². The normalized spacial score (nSPS) is 13.3. The van der Waals surface area contributed by atoms with Crippen molar-refractivity contribution < 1.29 is 28.7 Å². The summed E-state index contributed by atoms with van der Waals surface area (Å²) < 4.78 is 9.39. The van der Waals surface area contributed by atoms with Gasteiger partial charge in [-0.3, -0.25) is 9.59 Å². The van der Waals surface area contributed by atoms with E-state index in [1.807, 2.05) is 25.1 Å². The lowest BCUT2D eigenvalue weighted by atomic mass is 10.1. The van der Waals surface area contributed by atoms with Crippen LogP contribution in [0.15, 0.2) is 42.5 Å². The molecular formula is C23H25N3O6. The number of rotatable bonds is 4. The lowest BCUT2D eigenvalue weighted by Gasteiger charge is -2.35. The fourth-order valence-corrected chi connectivity index (χ4v) is 3.49. The Balaban J connectivity index is 1.70. The molecule has 0 aromatic heterocycles. The number of methoxy groups -OCH3 is 2. The van der Waals surface area contributed by atoms with Gasteiger partial charge in [0.05, 0.1) is 31.0 Å². The molecule has 0 spiro atoms. The van der Waals surface area contributed by atoms with Crippen LogP contribution in [0.1, 0.15) is 26.3 Å². The molecular weight excluding hydrogens is 414 g/mol. The summed E-state index contributed by atoms with van der Waals surface area (Å²) in [5.74, 6) is -2.97. The van der Waals surface area contributed by atoms with Crippen LogP contribution in [-0.4, -0.2) is 69.1 Å². The summed E-state index contributed by atoms with van der Waals surface area (Å²) in [6, 6.07) is 12.1. The van der Waals surface area contributed by atoms with E-state index in [1.165, 1.54) is 37.3 Å². The van der Waals surface area contributed by atoms with Crippen molar-refractivity contribution >= 4 is 35.1 Å². The number of benzene rings is 2. The smallest absolute Gasteiger partial charge is 0.339 e. The summed E-state index contributed by atoms with van der Waals surface area (Å²) in [4.78, 5) is 52.8. The molecule has 1 fully saturated rings. The van der Waals surface area contributed by atoms with E-state index in [9.17, 15) is 19.2 Å². The van der Waals surface area contributed by atoms with Crippen molar-refractivity contribution in [1.29, 1.82) is 0 Å². The van der Waals surface area contributed by atoms with Crippen molar-refractivity contribution in [1.82, 2.24) is 4.90 Å². The van der Waals surface area contributed by atoms with Crippen LogP contribution >= 0.6 is 0 Å². The van der Waals surface area contributed by atoms with E-state index in [0.29, 0.717) is 26.2 Å². The molecule has 2 aromatic rings. The van der Waals surface area contributed by atoms with Gasteiger partial charge in [-0.15, -0.1) is 0 Å². The molecule has 3 rings (SSSR count). The van der Waals surface area contributed by atoms with Gasteiger partial charge in [0, 0.05) is 31.9 Å². The molecule has 1 saturated heterocycles. The molecule has 0 radical (unpaired) electrons. The Bertz CT molecular complexity index is 1040. The van der Waals surface area contributed by atoms with Gasteiger partial charge >= 0.3 is 23.8 Å². The minimum absolute atomic E-state index is 0.00324. The zero-order chi connectivity index (χ0) is 23.3. The number of carbonyl (C=O) groups excluding carboxylic acids is 4. The molecule has 1 N–H and O–H groups in total. The van der Waals surface area contributed by atoms with E-state index < -0.39 is 23.8 Å². The number of amides is 2. The van der Waals surface area contributed by atoms with Gasteiger partial charge in [0.25, 0.3) is 0 Å². The third kappa shape index (κ3) is 5.05. The van der Waals surface area contributed by atoms with Gasteiger partial charge < -0.3 is 24.6 Å². The van der Waals surface area contributed by atoms with Crippen molar-refractivity contribution in [2.24, 2.45) is 0 Å². The highest BCUT2D eigenvalue weighted by Gasteiger charge is 2.27. The molecule has 1 aliphatic rings. The maximum Gasteiger partial charge on any atom is 0.339 e. The van der Waals surface area contributed by atoms with Crippen LogP contribution in [0.2, 0.25) is 0 Å². The number of nitrogens with zero attached hydrogens (tertiary/aromatic N) is 2. The Hall–Kier alpha value is -3.88. The molecule has 168 valence electrons. The Morgan fingerprint density at radius 3 is 2.19 bits per heavy atom. The number of piperazine rings is 1. The average molecular weight is 439 g/mol. The largest absolute Gasteiger partial charge is 0.465 e. The highest BCUT2D eigenvalue weighted by Crippen LogP contribution is 2.21. The molecule has 1 aliphatic heterocycles. The molecule has 0 bridgehead atoms. The van der Waals surface area contributed by atoms with E-state index >= 15 is 0 Å². The third-order valence-corrected chi connectivity index (χ3v) is 5.22. The number of aryl methyl sites for hydroxylation is 1. The van der Waals surface area contributed by atoms with Crippen LogP contribution < -0.4 is 10.2 Å². The first-order chi connectivity index (χ1) is 15.3. The van der Waals surface area contributed by atoms with Crippen molar-refractivity contribution in [2.45, 2.75) is 6.92 Å². The molecule has 9 heteroatoms. The number of hydrogen-bond donors (Lipinski definition) is 1. The molecule has 32 heavy (non-hydrogen) atoms. The van der Waals surface area contributed by atoms with Crippen LogP contribution in [0.25, 0.3) is 0 Å². The predicted molar refractivity (Wildman–Crippen MR) is 118 cm³/mol. The van der Waals surface area contributed by atoms with E-state index in [2.05, 4.69) is 21.0 Å².